The zero-order valence-electron chi connectivity index (χ0n) is 12.2. The van der Waals surface area contributed by atoms with E-state index in [1.165, 1.54) is 25.7 Å². The molecule has 0 fully saturated rings. The molecule has 104 valence electrons. The van der Waals surface area contributed by atoms with Crippen LogP contribution in [0.15, 0.2) is 4.99 Å². The van der Waals surface area contributed by atoms with Crippen LogP contribution in [0.25, 0.3) is 0 Å². The smallest absolute Gasteiger partial charge is 0.251 e. The molecule has 1 rings (SSSR count). The summed E-state index contributed by atoms with van der Waals surface area (Å²) >= 11 is 0. The van der Waals surface area contributed by atoms with Crippen LogP contribution in [0.2, 0.25) is 0 Å². The minimum absolute atomic E-state index is 0.0391. The molecule has 0 bridgehead atoms. The van der Waals surface area contributed by atoms with Crippen molar-refractivity contribution >= 4 is 11.9 Å². The van der Waals surface area contributed by atoms with Gasteiger partial charge in [0.15, 0.2) is 5.96 Å². The first-order valence-corrected chi connectivity index (χ1v) is 7.09. The maximum atomic E-state index is 11.7. The topological polar surface area (TPSA) is 53.5 Å². The molecule has 1 atom stereocenters. The first-order chi connectivity index (χ1) is 8.42. The van der Waals surface area contributed by atoms with Crippen LogP contribution >= 0.6 is 0 Å². The second kappa shape index (κ2) is 6.76. The van der Waals surface area contributed by atoms with Gasteiger partial charge in [-0.15, -0.1) is 0 Å². The normalized spacial score (nSPS) is 19.7. The van der Waals surface area contributed by atoms with Crippen molar-refractivity contribution in [1.82, 2.24) is 10.6 Å². The van der Waals surface area contributed by atoms with E-state index in [1.807, 2.05) is 0 Å². The second-order valence-corrected chi connectivity index (χ2v) is 6.06. The standard InChI is InChI=1S/C14H27N3O/c1-5-6-7-8-9-10-11-12(18)16-13(15-11)17-14(2,3)4/h11H,5-10H2,1-4H3,(H2,15,16,17,18). The van der Waals surface area contributed by atoms with Crippen molar-refractivity contribution in [2.75, 3.05) is 0 Å². The van der Waals surface area contributed by atoms with Gasteiger partial charge in [-0.3, -0.25) is 10.1 Å². The van der Waals surface area contributed by atoms with Crippen LogP contribution in [0.4, 0.5) is 0 Å². The average Bonchev–Trinajstić information content (AvgIpc) is 2.56. The molecule has 1 aliphatic rings. The Bertz CT molecular complexity index is 305. The van der Waals surface area contributed by atoms with Gasteiger partial charge in [-0.2, -0.15) is 0 Å². The third-order valence-electron chi connectivity index (χ3n) is 2.90. The number of hydrogen-bond acceptors (Lipinski definition) is 3. The van der Waals surface area contributed by atoms with Gasteiger partial charge in [0.1, 0.15) is 6.04 Å². The molecular weight excluding hydrogens is 226 g/mol. The number of carbonyl (C=O) groups excluding carboxylic acids is 1. The van der Waals surface area contributed by atoms with Crippen molar-refractivity contribution in [2.45, 2.75) is 77.8 Å². The van der Waals surface area contributed by atoms with Gasteiger partial charge in [0.25, 0.3) is 5.91 Å². The predicted molar refractivity (Wildman–Crippen MR) is 75.6 cm³/mol. The van der Waals surface area contributed by atoms with E-state index >= 15 is 0 Å². The van der Waals surface area contributed by atoms with Gasteiger partial charge in [-0.05, 0) is 27.2 Å². The summed E-state index contributed by atoms with van der Waals surface area (Å²) in [5.41, 5.74) is -0.0673. The predicted octanol–water partition coefficient (Wildman–Crippen LogP) is 2.59. The first kappa shape index (κ1) is 15.0. The Kier molecular flexibility index (Phi) is 5.63. The minimum Gasteiger partial charge on any atom is -0.351 e. The number of hydrogen-bond donors (Lipinski definition) is 2. The number of amides is 1. The van der Waals surface area contributed by atoms with Crippen LogP contribution in [0.3, 0.4) is 0 Å². The van der Waals surface area contributed by atoms with Crippen molar-refractivity contribution in [3.63, 3.8) is 0 Å². The lowest BCUT2D eigenvalue weighted by atomic mass is 10.1. The molecule has 0 radical (unpaired) electrons. The first-order valence-electron chi connectivity index (χ1n) is 7.09. The molecule has 0 spiro atoms. The zero-order chi connectivity index (χ0) is 13.6. The summed E-state index contributed by atoms with van der Waals surface area (Å²) in [7, 11) is 0. The Morgan fingerprint density at radius 2 is 1.89 bits per heavy atom. The number of unbranched alkanes of at least 4 members (excludes halogenated alkanes) is 4. The molecule has 1 unspecified atom stereocenters. The molecule has 1 aliphatic heterocycles. The number of nitrogens with zero attached hydrogens (tertiary/aromatic N) is 1. The van der Waals surface area contributed by atoms with Crippen LogP contribution < -0.4 is 10.6 Å². The lowest BCUT2D eigenvalue weighted by molar-refractivity contribution is -0.120. The van der Waals surface area contributed by atoms with E-state index in [0.29, 0.717) is 5.96 Å². The van der Waals surface area contributed by atoms with Gasteiger partial charge in [-0.1, -0.05) is 39.0 Å². The monoisotopic (exact) mass is 253 g/mol. The Morgan fingerprint density at radius 3 is 2.50 bits per heavy atom. The highest BCUT2D eigenvalue weighted by Crippen LogP contribution is 2.12. The van der Waals surface area contributed by atoms with Gasteiger partial charge in [0.05, 0.1) is 0 Å². The SMILES string of the molecule is CCCCCCCC1N=C(NC(C)(C)C)NC1=O. The summed E-state index contributed by atoms with van der Waals surface area (Å²) in [6.07, 6.45) is 6.96. The molecule has 0 saturated heterocycles. The van der Waals surface area contributed by atoms with Crippen LogP contribution in [-0.2, 0) is 4.79 Å². The number of guanidine groups is 1. The average molecular weight is 253 g/mol. The Morgan fingerprint density at radius 1 is 1.22 bits per heavy atom. The largest absolute Gasteiger partial charge is 0.351 e. The highest BCUT2D eigenvalue weighted by Gasteiger charge is 2.27. The number of aliphatic imine (C=N–C) groups is 1. The summed E-state index contributed by atoms with van der Waals surface area (Å²) in [5.74, 6) is 0.670. The molecule has 1 heterocycles. The van der Waals surface area contributed by atoms with Crippen LogP contribution in [-0.4, -0.2) is 23.4 Å². The Labute approximate surface area is 111 Å². The molecule has 0 aromatic heterocycles. The molecule has 4 heteroatoms. The van der Waals surface area contributed by atoms with Crippen LogP contribution in [0.1, 0.15) is 66.2 Å². The van der Waals surface area contributed by atoms with Crippen LogP contribution in [0.5, 0.6) is 0 Å². The molecule has 0 aromatic rings. The highest BCUT2D eigenvalue weighted by atomic mass is 16.2. The maximum absolute atomic E-state index is 11.7. The van der Waals surface area contributed by atoms with Gasteiger partial charge < -0.3 is 5.32 Å². The fourth-order valence-corrected chi connectivity index (χ4v) is 2.00. The van der Waals surface area contributed by atoms with Crippen molar-refractivity contribution < 1.29 is 4.79 Å². The van der Waals surface area contributed by atoms with E-state index in [9.17, 15) is 4.79 Å². The van der Waals surface area contributed by atoms with E-state index in [1.54, 1.807) is 0 Å². The van der Waals surface area contributed by atoms with E-state index < -0.39 is 0 Å². The quantitative estimate of drug-likeness (QED) is 0.715. The molecule has 2 N–H and O–H groups in total. The second-order valence-electron chi connectivity index (χ2n) is 6.06. The van der Waals surface area contributed by atoms with Crippen LogP contribution in [0, 0.1) is 0 Å². The Balaban J connectivity index is 2.31. The van der Waals surface area contributed by atoms with Crippen molar-refractivity contribution in [2.24, 2.45) is 4.99 Å². The van der Waals surface area contributed by atoms with Gasteiger partial charge >= 0.3 is 0 Å². The van der Waals surface area contributed by atoms with E-state index in [-0.39, 0.29) is 17.5 Å². The summed E-state index contributed by atoms with van der Waals surface area (Å²) in [5, 5.41) is 6.02. The Hall–Kier alpha value is -1.06. The highest BCUT2D eigenvalue weighted by molar-refractivity contribution is 6.04. The zero-order valence-corrected chi connectivity index (χ0v) is 12.2. The minimum atomic E-state index is -0.184. The summed E-state index contributed by atoms with van der Waals surface area (Å²) in [6.45, 7) is 8.37. The number of nitrogens with one attached hydrogen (secondary N) is 2. The van der Waals surface area contributed by atoms with E-state index in [2.05, 4.69) is 43.3 Å². The molecule has 0 saturated carbocycles. The van der Waals surface area contributed by atoms with Gasteiger partial charge in [0, 0.05) is 5.54 Å². The van der Waals surface area contributed by atoms with Crippen molar-refractivity contribution in [3.05, 3.63) is 0 Å². The number of carbonyl (C=O) groups is 1. The molecule has 1 amide bonds. The molecule has 4 nitrogen and oxygen atoms in total. The van der Waals surface area contributed by atoms with Crippen molar-refractivity contribution in [1.29, 1.82) is 0 Å². The molecule has 0 aliphatic carbocycles. The molecular formula is C14H27N3O. The summed E-state index contributed by atoms with van der Waals surface area (Å²) in [6, 6.07) is -0.184. The number of rotatable bonds is 6. The fraction of sp³-hybridized carbons (Fsp3) is 0.857. The third kappa shape index (κ3) is 5.52. The summed E-state index contributed by atoms with van der Waals surface area (Å²) in [4.78, 5) is 16.1. The summed E-state index contributed by atoms with van der Waals surface area (Å²) < 4.78 is 0. The maximum Gasteiger partial charge on any atom is 0.251 e. The molecule has 0 aromatic carbocycles. The van der Waals surface area contributed by atoms with Gasteiger partial charge in [-0.25, -0.2) is 4.99 Å². The fourth-order valence-electron chi connectivity index (χ4n) is 2.00. The van der Waals surface area contributed by atoms with E-state index in [0.717, 1.165) is 12.8 Å². The molecule has 18 heavy (non-hydrogen) atoms. The van der Waals surface area contributed by atoms with Crippen molar-refractivity contribution in [3.8, 4) is 0 Å². The van der Waals surface area contributed by atoms with Gasteiger partial charge in [0.2, 0.25) is 0 Å². The lowest BCUT2D eigenvalue weighted by Gasteiger charge is -2.21. The van der Waals surface area contributed by atoms with E-state index in [4.69, 9.17) is 0 Å². The third-order valence-corrected chi connectivity index (χ3v) is 2.90. The lowest BCUT2D eigenvalue weighted by Crippen LogP contribution is -2.46.